The maximum Gasteiger partial charge on any atom is 0.176 e. The van der Waals surface area contributed by atoms with Crippen molar-refractivity contribution < 1.29 is 12.9 Å². The summed E-state index contributed by atoms with van der Waals surface area (Å²) in [5, 5.41) is 3.95. The van der Waals surface area contributed by atoms with Crippen LogP contribution in [0.4, 0.5) is 0 Å². The highest BCUT2D eigenvalue weighted by molar-refractivity contribution is 7.90. The van der Waals surface area contributed by atoms with Crippen LogP contribution in [0.3, 0.4) is 0 Å². The highest BCUT2D eigenvalue weighted by Crippen LogP contribution is 2.29. The van der Waals surface area contributed by atoms with Gasteiger partial charge in [0.25, 0.3) is 0 Å². The molecule has 18 heavy (non-hydrogen) atoms. The molecule has 0 bridgehead atoms. The molecule has 0 unspecified atom stereocenters. The zero-order valence-corrected chi connectivity index (χ0v) is 11.4. The first-order valence-corrected chi connectivity index (χ1v) is 7.55. The van der Waals surface area contributed by atoms with Gasteiger partial charge in [-0.1, -0.05) is 31.1 Å². The van der Waals surface area contributed by atoms with Crippen LogP contribution < -0.4 is 0 Å². The van der Waals surface area contributed by atoms with Crippen LogP contribution in [-0.2, 0) is 9.84 Å². The molecule has 0 atom stereocenters. The Hall–Kier alpha value is -1.62. The fourth-order valence-corrected chi connectivity index (χ4v) is 2.58. The summed E-state index contributed by atoms with van der Waals surface area (Å²) in [6.45, 7) is 4.01. The third-order valence-electron chi connectivity index (χ3n) is 2.67. The molecular formula is C13H15NO3S. The molecule has 0 radical (unpaired) electrons. The van der Waals surface area contributed by atoms with Crippen LogP contribution in [0.25, 0.3) is 11.3 Å². The van der Waals surface area contributed by atoms with E-state index >= 15 is 0 Å². The first-order chi connectivity index (χ1) is 8.39. The molecule has 2 rings (SSSR count). The van der Waals surface area contributed by atoms with Gasteiger partial charge in [0, 0.05) is 17.9 Å². The fraction of sp³-hybridized carbons (Fsp3) is 0.308. The minimum absolute atomic E-state index is 0.243. The van der Waals surface area contributed by atoms with Gasteiger partial charge < -0.3 is 4.52 Å². The van der Waals surface area contributed by atoms with Gasteiger partial charge in [-0.25, -0.2) is 8.42 Å². The average Bonchev–Trinajstić information content (AvgIpc) is 2.77. The van der Waals surface area contributed by atoms with Gasteiger partial charge in [0.15, 0.2) is 15.6 Å². The molecule has 0 aliphatic carbocycles. The van der Waals surface area contributed by atoms with E-state index in [9.17, 15) is 8.42 Å². The highest BCUT2D eigenvalue weighted by atomic mass is 32.2. The molecule has 1 aromatic heterocycles. The van der Waals surface area contributed by atoms with Crippen molar-refractivity contribution in [1.82, 2.24) is 5.16 Å². The number of rotatable bonds is 3. The minimum atomic E-state index is -3.28. The van der Waals surface area contributed by atoms with Crippen molar-refractivity contribution >= 4 is 9.84 Å². The van der Waals surface area contributed by atoms with Gasteiger partial charge in [-0.3, -0.25) is 0 Å². The largest absolute Gasteiger partial charge is 0.356 e. The summed E-state index contributed by atoms with van der Waals surface area (Å²) in [6, 6.07) is 8.55. The van der Waals surface area contributed by atoms with Crippen molar-refractivity contribution in [2.24, 2.45) is 0 Å². The molecule has 0 aliphatic rings. The molecule has 0 spiro atoms. The number of sulfone groups is 1. The van der Waals surface area contributed by atoms with Crippen molar-refractivity contribution in [2.45, 2.75) is 24.7 Å². The third-order valence-corrected chi connectivity index (χ3v) is 3.83. The number of hydrogen-bond donors (Lipinski definition) is 0. The van der Waals surface area contributed by atoms with E-state index in [1.807, 2.05) is 13.8 Å². The minimum Gasteiger partial charge on any atom is -0.356 e. The van der Waals surface area contributed by atoms with Gasteiger partial charge >= 0.3 is 0 Å². The van der Waals surface area contributed by atoms with Crippen LogP contribution in [0, 0.1) is 0 Å². The van der Waals surface area contributed by atoms with Crippen molar-refractivity contribution in [3.63, 3.8) is 0 Å². The Balaban J connectivity index is 2.57. The lowest BCUT2D eigenvalue weighted by Crippen LogP contribution is -1.99. The summed E-state index contributed by atoms with van der Waals surface area (Å²) in [5.74, 6) is 0.729. The quantitative estimate of drug-likeness (QED) is 0.856. The smallest absolute Gasteiger partial charge is 0.176 e. The monoisotopic (exact) mass is 265 g/mol. The van der Waals surface area contributed by atoms with Crippen LogP contribution in [-0.4, -0.2) is 19.8 Å². The highest BCUT2D eigenvalue weighted by Gasteiger charge is 2.17. The lowest BCUT2D eigenvalue weighted by Gasteiger charge is -2.03. The molecule has 96 valence electrons. The van der Waals surface area contributed by atoms with Crippen LogP contribution >= 0.6 is 0 Å². The fourth-order valence-electron chi connectivity index (χ4n) is 1.68. The molecule has 5 heteroatoms. The van der Waals surface area contributed by atoms with Gasteiger partial charge in [-0.2, -0.15) is 0 Å². The average molecular weight is 265 g/mol. The maximum atomic E-state index is 11.7. The van der Waals surface area contributed by atoms with E-state index in [0.717, 1.165) is 5.69 Å². The van der Waals surface area contributed by atoms with Crippen molar-refractivity contribution in [2.75, 3.05) is 6.26 Å². The molecule has 1 aromatic carbocycles. The third kappa shape index (κ3) is 2.46. The molecule has 0 aliphatic heterocycles. The van der Waals surface area contributed by atoms with Crippen LogP contribution in [0.5, 0.6) is 0 Å². The standard InChI is InChI=1S/C13H15NO3S/c1-9(2)11-8-12(17-14-11)10-6-4-5-7-13(10)18(3,15)16/h4-9H,1-3H3. The van der Waals surface area contributed by atoms with E-state index in [0.29, 0.717) is 11.3 Å². The molecule has 0 amide bonds. The Labute approximate surface area is 107 Å². The molecule has 4 nitrogen and oxygen atoms in total. The molecule has 0 N–H and O–H groups in total. The number of aromatic nitrogens is 1. The number of benzene rings is 1. The van der Waals surface area contributed by atoms with Gasteiger partial charge in [-0.05, 0) is 18.1 Å². The van der Waals surface area contributed by atoms with E-state index in [1.165, 1.54) is 6.26 Å². The first-order valence-electron chi connectivity index (χ1n) is 5.65. The maximum absolute atomic E-state index is 11.7. The molecule has 1 heterocycles. The van der Waals surface area contributed by atoms with Crippen LogP contribution in [0.1, 0.15) is 25.5 Å². The predicted octanol–water partition coefficient (Wildman–Crippen LogP) is 2.87. The van der Waals surface area contributed by atoms with Crippen LogP contribution in [0.15, 0.2) is 39.8 Å². The van der Waals surface area contributed by atoms with E-state index in [1.54, 1.807) is 30.3 Å². The van der Waals surface area contributed by atoms with E-state index in [-0.39, 0.29) is 10.8 Å². The number of hydrogen-bond acceptors (Lipinski definition) is 4. The number of nitrogens with zero attached hydrogens (tertiary/aromatic N) is 1. The second-order valence-corrected chi connectivity index (χ2v) is 6.52. The summed E-state index contributed by atoms with van der Waals surface area (Å²) >= 11 is 0. The summed E-state index contributed by atoms with van der Waals surface area (Å²) in [4.78, 5) is 0.261. The zero-order valence-electron chi connectivity index (χ0n) is 10.5. The van der Waals surface area contributed by atoms with Crippen molar-refractivity contribution in [3.8, 4) is 11.3 Å². The van der Waals surface area contributed by atoms with Crippen molar-refractivity contribution in [1.29, 1.82) is 0 Å². The lowest BCUT2D eigenvalue weighted by molar-refractivity contribution is 0.419. The van der Waals surface area contributed by atoms with Crippen molar-refractivity contribution in [3.05, 3.63) is 36.0 Å². The van der Waals surface area contributed by atoms with Gasteiger partial charge in [-0.15, -0.1) is 0 Å². The normalized spacial score (nSPS) is 12.0. The molecule has 0 saturated carbocycles. The first kappa shape index (κ1) is 12.8. The zero-order chi connectivity index (χ0) is 13.3. The Bertz CT molecular complexity index is 656. The van der Waals surface area contributed by atoms with Gasteiger partial charge in [0.05, 0.1) is 10.6 Å². The second-order valence-electron chi connectivity index (χ2n) is 4.54. The summed E-state index contributed by atoms with van der Waals surface area (Å²) in [5.41, 5.74) is 1.37. The van der Waals surface area contributed by atoms with Crippen LogP contribution in [0.2, 0.25) is 0 Å². The van der Waals surface area contributed by atoms with Gasteiger partial charge in [0.2, 0.25) is 0 Å². The van der Waals surface area contributed by atoms with E-state index < -0.39 is 9.84 Å². The molecule has 0 fully saturated rings. The summed E-state index contributed by atoms with van der Waals surface area (Å²) in [7, 11) is -3.28. The summed E-state index contributed by atoms with van der Waals surface area (Å²) in [6.07, 6.45) is 1.19. The van der Waals surface area contributed by atoms with Gasteiger partial charge in [0.1, 0.15) is 0 Å². The lowest BCUT2D eigenvalue weighted by atomic mass is 10.1. The molecular weight excluding hydrogens is 250 g/mol. The predicted molar refractivity (Wildman–Crippen MR) is 69.1 cm³/mol. The topological polar surface area (TPSA) is 60.2 Å². The summed E-state index contributed by atoms with van der Waals surface area (Å²) < 4.78 is 28.6. The molecule has 0 saturated heterocycles. The Kier molecular flexibility index (Phi) is 3.26. The van der Waals surface area contributed by atoms with E-state index in [4.69, 9.17) is 4.52 Å². The Morgan fingerprint density at radius 2 is 1.89 bits per heavy atom. The Morgan fingerprint density at radius 3 is 2.44 bits per heavy atom. The SMILES string of the molecule is CC(C)c1cc(-c2ccccc2S(C)(=O)=O)on1. The molecule has 2 aromatic rings. The van der Waals surface area contributed by atoms with E-state index in [2.05, 4.69) is 5.16 Å². The second kappa shape index (κ2) is 4.57. The Morgan fingerprint density at radius 1 is 1.22 bits per heavy atom.